The first-order valence-corrected chi connectivity index (χ1v) is 6.59. The smallest absolute Gasteiger partial charge is 0.181 e. The molecule has 0 amide bonds. The fraction of sp³-hybridized carbons (Fsp3) is 1.00. The SMILES string of the molecule is CCCC[N+]1(C)CCN(C)P1C. The van der Waals surface area contributed by atoms with Gasteiger partial charge in [0.25, 0.3) is 0 Å². The number of nitrogens with zero attached hydrogens (tertiary/aromatic N) is 2. The Morgan fingerprint density at radius 3 is 2.58 bits per heavy atom. The van der Waals surface area contributed by atoms with Gasteiger partial charge in [0.2, 0.25) is 0 Å². The lowest BCUT2D eigenvalue weighted by Crippen LogP contribution is -2.36. The molecule has 12 heavy (non-hydrogen) atoms. The van der Waals surface area contributed by atoms with Crippen molar-refractivity contribution in [3.05, 3.63) is 0 Å². The standard InChI is InChI=1S/C9H22N2P/c1-5-6-8-11(3)9-7-10(2)12(11)4/h5-9H2,1-4H3/q+1. The number of hydrogen-bond acceptors (Lipinski definition) is 1. The Bertz CT molecular complexity index is 151. The summed E-state index contributed by atoms with van der Waals surface area (Å²) in [5.74, 6) is 0. The van der Waals surface area contributed by atoms with Gasteiger partial charge in [-0.05, 0) is 13.5 Å². The molecule has 0 spiro atoms. The van der Waals surface area contributed by atoms with Crippen LogP contribution in [0.2, 0.25) is 0 Å². The van der Waals surface area contributed by atoms with Gasteiger partial charge >= 0.3 is 0 Å². The molecule has 3 heteroatoms. The van der Waals surface area contributed by atoms with Crippen molar-refractivity contribution in [3.8, 4) is 0 Å². The molecule has 2 nitrogen and oxygen atoms in total. The zero-order valence-corrected chi connectivity index (χ0v) is 9.77. The van der Waals surface area contributed by atoms with Gasteiger partial charge in [-0.3, -0.25) is 4.25 Å². The molecule has 0 aromatic heterocycles. The van der Waals surface area contributed by atoms with Crippen molar-refractivity contribution in [2.45, 2.75) is 19.8 Å². The molecule has 0 aromatic carbocycles. The van der Waals surface area contributed by atoms with Crippen molar-refractivity contribution >= 4 is 8.22 Å². The second-order valence-electron chi connectivity index (χ2n) is 4.01. The molecular formula is C9H22N2P+. The van der Waals surface area contributed by atoms with Crippen LogP contribution in [0.25, 0.3) is 0 Å². The summed E-state index contributed by atoms with van der Waals surface area (Å²) in [5, 5.41) is 0. The predicted octanol–water partition coefficient (Wildman–Crippen LogP) is 2.12. The van der Waals surface area contributed by atoms with Gasteiger partial charge in [0, 0.05) is 6.66 Å². The third-order valence-electron chi connectivity index (χ3n) is 3.09. The van der Waals surface area contributed by atoms with Crippen LogP contribution in [0.4, 0.5) is 0 Å². The minimum Gasteiger partial charge on any atom is -0.299 e. The second kappa shape index (κ2) is 4.04. The number of likely N-dealkylation sites (N-methyl/N-ethyl adjacent to an activating group) is 2. The summed E-state index contributed by atoms with van der Waals surface area (Å²) in [6.45, 7) is 8.73. The quantitative estimate of drug-likeness (QED) is 0.615. The van der Waals surface area contributed by atoms with Crippen LogP contribution in [0.5, 0.6) is 0 Å². The van der Waals surface area contributed by atoms with Crippen molar-refractivity contribution in [2.75, 3.05) is 40.4 Å². The predicted molar refractivity (Wildman–Crippen MR) is 56.3 cm³/mol. The zero-order chi connectivity index (χ0) is 9.19. The molecule has 2 unspecified atom stereocenters. The van der Waals surface area contributed by atoms with Gasteiger partial charge in [-0.2, -0.15) is 0 Å². The zero-order valence-electron chi connectivity index (χ0n) is 8.88. The second-order valence-corrected chi connectivity index (χ2v) is 6.64. The summed E-state index contributed by atoms with van der Waals surface area (Å²) in [6.07, 6.45) is 2.72. The number of quaternary nitrogens is 1. The lowest BCUT2D eigenvalue weighted by Gasteiger charge is -2.33. The number of rotatable bonds is 3. The third-order valence-corrected chi connectivity index (χ3v) is 6.08. The van der Waals surface area contributed by atoms with Gasteiger partial charge in [0.1, 0.15) is 0 Å². The first kappa shape index (κ1) is 10.4. The van der Waals surface area contributed by atoms with Crippen molar-refractivity contribution in [1.29, 1.82) is 0 Å². The van der Waals surface area contributed by atoms with Crippen molar-refractivity contribution in [3.63, 3.8) is 0 Å². The van der Waals surface area contributed by atoms with Gasteiger partial charge in [-0.15, -0.1) is 0 Å². The van der Waals surface area contributed by atoms with Crippen LogP contribution in [0.3, 0.4) is 0 Å². The van der Waals surface area contributed by atoms with E-state index in [0.717, 1.165) is 0 Å². The minimum absolute atomic E-state index is 0.0875. The van der Waals surface area contributed by atoms with Gasteiger partial charge in [0.05, 0.1) is 26.7 Å². The Kier molecular flexibility index (Phi) is 3.51. The monoisotopic (exact) mass is 189 g/mol. The molecule has 0 radical (unpaired) electrons. The van der Waals surface area contributed by atoms with E-state index < -0.39 is 0 Å². The van der Waals surface area contributed by atoms with E-state index in [4.69, 9.17) is 0 Å². The van der Waals surface area contributed by atoms with Crippen LogP contribution >= 0.6 is 8.22 Å². The summed E-state index contributed by atoms with van der Waals surface area (Å²) in [4.78, 5) is 0. The number of unbranched alkanes of at least 4 members (excludes halogenated alkanes) is 1. The van der Waals surface area contributed by atoms with Crippen LogP contribution in [0.1, 0.15) is 19.8 Å². The molecule has 1 heterocycles. The highest BCUT2D eigenvalue weighted by atomic mass is 31.1. The fourth-order valence-corrected chi connectivity index (χ4v) is 3.70. The Labute approximate surface area is 78.0 Å². The van der Waals surface area contributed by atoms with Gasteiger partial charge in [-0.25, -0.2) is 4.67 Å². The highest BCUT2D eigenvalue weighted by Crippen LogP contribution is 2.49. The lowest BCUT2D eigenvalue weighted by molar-refractivity contribution is -0.779. The van der Waals surface area contributed by atoms with E-state index in [1.807, 2.05) is 0 Å². The van der Waals surface area contributed by atoms with Gasteiger partial charge in [0.15, 0.2) is 8.22 Å². The van der Waals surface area contributed by atoms with Crippen molar-refractivity contribution in [1.82, 2.24) is 4.67 Å². The van der Waals surface area contributed by atoms with E-state index >= 15 is 0 Å². The molecular weight excluding hydrogens is 167 g/mol. The van der Waals surface area contributed by atoms with Crippen LogP contribution in [0.15, 0.2) is 0 Å². The van der Waals surface area contributed by atoms with E-state index in [1.165, 1.54) is 36.7 Å². The molecule has 0 aromatic rings. The maximum atomic E-state index is 2.53. The molecule has 1 aliphatic heterocycles. The van der Waals surface area contributed by atoms with Gasteiger partial charge in [-0.1, -0.05) is 13.3 Å². The van der Waals surface area contributed by atoms with Crippen molar-refractivity contribution < 1.29 is 4.25 Å². The van der Waals surface area contributed by atoms with Crippen molar-refractivity contribution in [2.24, 2.45) is 0 Å². The number of hydrogen-bond donors (Lipinski definition) is 0. The summed E-state index contributed by atoms with van der Waals surface area (Å²) >= 11 is 0. The van der Waals surface area contributed by atoms with E-state index in [-0.39, 0.29) is 8.22 Å². The normalized spacial score (nSPS) is 37.5. The summed E-state index contributed by atoms with van der Waals surface area (Å²) in [5.41, 5.74) is 0. The Morgan fingerprint density at radius 1 is 1.50 bits per heavy atom. The van der Waals surface area contributed by atoms with E-state index in [0.29, 0.717) is 0 Å². The van der Waals surface area contributed by atoms with Crippen LogP contribution in [0, 0.1) is 0 Å². The molecule has 1 aliphatic rings. The Balaban J connectivity index is 2.47. The van der Waals surface area contributed by atoms with Crippen LogP contribution in [-0.2, 0) is 0 Å². The molecule has 2 atom stereocenters. The van der Waals surface area contributed by atoms with Gasteiger partial charge < -0.3 is 0 Å². The maximum absolute atomic E-state index is 2.53. The Hall–Kier alpha value is 0.350. The Morgan fingerprint density at radius 2 is 2.17 bits per heavy atom. The minimum atomic E-state index is 0.0875. The fourth-order valence-electron chi connectivity index (χ4n) is 1.77. The first-order valence-electron chi connectivity index (χ1n) is 4.90. The largest absolute Gasteiger partial charge is 0.299 e. The summed E-state index contributed by atoms with van der Waals surface area (Å²) in [7, 11) is 4.77. The molecule has 1 fully saturated rings. The lowest BCUT2D eigenvalue weighted by atomic mass is 10.3. The highest BCUT2D eigenvalue weighted by Gasteiger charge is 2.39. The molecule has 0 bridgehead atoms. The molecule has 1 saturated heterocycles. The molecule has 0 aliphatic carbocycles. The molecule has 0 saturated carbocycles. The van der Waals surface area contributed by atoms with Crippen LogP contribution in [-0.4, -0.2) is 49.3 Å². The highest BCUT2D eigenvalue weighted by molar-refractivity contribution is 7.48. The maximum Gasteiger partial charge on any atom is 0.181 e. The van der Waals surface area contributed by atoms with E-state index in [2.05, 4.69) is 32.4 Å². The van der Waals surface area contributed by atoms with E-state index in [9.17, 15) is 0 Å². The molecule has 0 N–H and O–H groups in total. The molecule has 1 rings (SSSR count). The average molecular weight is 189 g/mol. The van der Waals surface area contributed by atoms with E-state index in [1.54, 1.807) is 0 Å². The van der Waals surface area contributed by atoms with Crippen LogP contribution < -0.4 is 0 Å². The summed E-state index contributed by atoms with van der Waals surface area (Å²) in [6, 6.07) is 0. The average Bonchev–Trinajstić information content (AvgIpc) is 2.31. The molecule has 72 valence electrons. The summed E-state index contributed by atoms with van der Waals surface area (Å²) < 4.78 is 3.85. The third kappa shape index (κ3) is 1.99. The first-order chi connectivity index (χ1) is 5.60. The topological polar surface area (TPSA) is 3.24 Å².